The second kappa shape index (κ2) is 7.58. The van der Waals surface area contributed by atoms with Crippen LogP contribution in [0.25, 0.3) is 0 Å². The average molecular weight is 422 g/mol. The summed E-state index contributed by atoms with van der Waals surface area (Å²) in [5, 5.41) is 12.7. The smallest absolute Gasteiger partial charge is 0.243 e. The molecule has 31 heavy (non-hydrogen) atoms. The highest BCUT2D eigenvalue weighted by atomic mass is 16.3. The summed E-state index contributed by atoms with van der Waals surface area (Å²) in [4.78, 5) is 25.7. The van der Waals surface area contributed by atoms with E-state index in [0.717, 1.165) is 49.7 Å². The number of Topliss-reactive ketones (excluding diaryl/α,β-unsaturated/α-hetero) is 1. The van der Waals surface area contributed by atoms with Crippen LogP contribution in [-0.2, 0) is 11.2 Å². The van der Waals surface area contributed by atoms with Crippen LogP contribution < -0.4 is 5.32 Å². The van der Waals surface area contributed by atoms with Crippen LogP contribution in [0.3, 0.4) is 0 Å². The number of aliphatic hydroxyl groups is 1. The Morgan fingerprint density at radius 3 is 2.71 bits per heavy atom. The molecule has 5 rings (SSSR count). The molecular weight excluding hydrogens is 386 g/mol. The summed E-state index contributed by atoms with van der Waals surface area (Å²) in [6.45, 7) is 4.79. The van der Waals surface area contributed by atoms with E-state index in [1.54, 1.807) is 6.08 Å². The van der Waals surface area contributed by atoms with E-state index in [2.05, 4.69) is 25.2 Å². The van der Waals surface area contributed by atoms with Crippen LogP contribution in [0.15, 0.2) is 36.4 Å². The number of ketones is 1. The first kappa shape index (κ1) is 20.9. The Labute approximate surface area is 185 Å². The number of rotatable bonds is 4. The first-order valence-corrected chi connectivity index (χ1v) is 12.1. The minimum absolute atomic E-state index is 0.0357. The number of carbonyl (C=O) groups excluding carboxylic acids is 2. The van der Waals surface area contributed by atoms with Crippen LogP contribution >= 0.6 is 0 Å². The molecule has 1 heterocycles. The minimum atomic E-state index is 0.0357. The van der Waals surface area contributed by atoms with E-state index in [0.29, 0.717) is 24.2 Å². The average Bonchev–Trinajstić information content (AvgIpc) is 3.11. The van der Waals surface area contributed by atoms with Crippen molar-refractivity contribution in [2.45, 2.75) is 64.8 Å². The lowest BCUT2D eigenvalue weighted by Gasteiger charge is -2.58. The van der Waals surface area contributed by atoms with Gasteiger partial charge in [0.2, 0.25) is 5.91 Å². The molecule has 4 aliphatic rings. The predicted molar refractivity (Wildman–Crippen MR) is 121 cm³/mol. The molecular formula is C27H35NO3. The van der Waals surface area contributed by atoms with Gasteiger partial charge in [-0.25, -0.2) is 0 Å². The van der Waals surface area contributed by atoms with Gasteiger partial charge in [0.05, 0.1) is 0 Å². The molecule has 3 fully saturated rings. The predicted octanol–water partition coefficient (Wildman–Crippen LogP) is 4.32. The van der Waals surface area contributed by atoms with Crippen molar-refractivity contribution in [1.29, 1.82) is 0 Å². The van der Waals surface area contributed by atoms with E-state index in [1.165, 1.54) is 0 Å². The van der Waals surface area contributed by atoms with Crippen molar-refractivity contribution in [3.63, 3.8) is 0 Å². The molecule has 1 aliphatic heterocycles. The first-order chi connectivity index (χ1) is 14.9. The van der Waals surface area contributed by atoms with Gasteiger partial charge in [0.25, 0.3) is 0 Å². The van der Waals surface area contributed by atoms with Gasteiger partial charge in [-0.2, -0.15) is 0 Å². The first-order valence-electron chi connectivity index (χ1n) is 12.1. The highest BCUT2D eigenvalue weighted by Gasteiger charge is 2.60. The van der Waals surface area contributed by atoms with Crippen molar-refractivity contribution in [3.05, 3.63) is 47.5 Å². The maximum Gasteiger partial charge on any atom is 0.243 e. The van der Waals surface area contributed by atoms with Crippen molar-refractivity contribution in [2.24, 2.45) is 34.5 Å². The SMILES string of the molecule is C[C@]12C=CC(=O)N[C@@H]1CC[C@@H]1[C@@H]2CC[C@]2(C)[C@@H](C(=O)c3ccccc3CCO)CC[C@@H]12. The highest BCUT2D eigenvalue weighted by Crippen LogP contribution is 2.65. The Morgan fingerprint density at radius 1 is 1.10 bits per heavy atom. The molecule has 1 aromatic carbocycles. The summed E-state index contributed by atoms with van der Waals surface area (Å²) in [6.07, 6.45) is 11.0. The number of carbonyl (C=O) groups is 2. The van der Waals surface area contributed by atoms with Crippen LogP contribution in [0.1, 0.15) is 68.3 Å². The van der Waals surface area contributed by atoms with Crippen LogP contribution in [0.4, 0.5) is 0 Å². The topological polar surface area (TPSA) is 66.4 Å². The Kier molecular flexibility index (Phi) is 5.12. The van der Waals surface area contributed by atoms with Gasteiger partial charge in [-0.05, 0) is 79.8 Å². The number of fused-ring (bicyclic) bond motifs is 5. The molecule has 4 nitrogen and oxygen atoms in total. The number of aliphatic hydroxyl groups excluding tert-OH is 1. The lowest BCUT2D eigenvalue weighted by Crippen LogP contribution is -2.59. The molecule has 7 atom stereocenters. The fraction of sp³-hybridized carbons (Fsp3) is 0.630. The lowest BCUT2D eigenvalue weighted by molar-refractivity contribution is -0.122. The fourth-order valence-electron chi connectivity index (χ4n) is 8.05. The Morgan fingerprint density at radius 2 is 1.90 bits per heavy atom. The Balaban J connectivity index is 1.43. The normalized spacial score (nSPS) is 41.1. The van der Waals surface area contributed by atoms with Gasteiger partial charge >= 0.3 is 0 Å². The van der Waals surface area contributed by atoms with Gasteiger partial charge in [-0.15, -0.1) is 0 Å². The van der Waals surface area contributed by atoms with Crippen molar-refractivity contribution in [2.75, 3.05) is 6.61 Å². The number of amides is 1. The summed E-state index contributed by atoms with van der Waals surface area (Å²) >= 11 is 0. The van der Waals surface area contributed by atoms with Gasteiger partial charge in [-0.3, -0.25) is 9.59 Å². The maximum absolute atomic E-state index is 13.7. The number of hydrogen-bond acceptors (Lipinski definition) is 3. The lowest BCUT2D eigenvalue weighted by atomic mass is 9.47. The van der Waals surface area contributed by atoms with E-state index in [1.807, 2.05) is 24.3 Å². The molecule has 3 saturated carbocycles. The maximum atomic E-state index is 13.7. The summed E-state index contributed by atoms with van der Waals surface area (Å²) in [7, 11) is 0. The molecule has 1 aromatic rings. The van der Waals surface area contributed by atoms with Crippen molar-refractivity contribution < 1.29 is 14.7 Å². The summed E-state index contributed by atoms with van der Waals surface area (Å²) in [5.74, 6) is 2.20. The van der Waals surface area contributed by atoms with Gasteiger partial charge in [0, 0.05) is 29.5 Å². The third kappa shape index (κ3) is 3.13. The van der Waals surface area contributed by atoms with E-state index < -0.39 is 0 Å². The highest BCUT2D eigenvalue weighted by molar-refractivity contribution is 6.00. The van der Waals surface area contributed by atoms with Crippen LogP contribution in [-0.4, -0.2) is 29.4 Å². The Bertz CT molecular complexity index is 923. The molecule has 166 valence electrons. The molecule has 0 radical (unpaired) electrons. The molecule has 3 aliphatic carbocycles. The zero-order valence-electron chi connectivity index (χ0n) is 18.8. The molecule has 0 spiro atoms. The number of hydrogen-bond donors (Lipinski definition) is 2. The fourth-order valence-corrected chi connectivity index (χ4v) is 8.05. The molecule has 2 N–H and O–H groups in total. The van der Waals surface area contributed by atoms with Crippen molar-refractivity contribution >= 4 is 11.7 Å². The number of nitrogens with one attached hydrogen (secondary N) is 1. The van der Waals surface area contributed by atoms with Gasteiger partial charge in [-0.1, -0.05) is 44.2 Å². The summed E-state index contributed by atoms with van der Waals surface area (Å²) in [5.41, 5.74) is 1.88. The largest absolute Gasteiger partial charge is 0.396 e. The second-order valence-electron chi connectivity index (χ2n) is 10.9. The standard InChI is InChI=1S/C27H35NO3/c1-26-14-11-21-19(7-10-23-27(21,2)15-12-24(30)28-23)20(26)8-9-22(26)25(31)18-6-4-3-5-17(18)13-16-29/h3-6,12,15,19-23,29H,7-11,13-14,16H2,1-2H3,(H,28,30)/t19-,20-,21-,22+,23+,26-,27+/m0/s1. The van der Waals surface area contributed by atoms with E-state index in [9.17, 15) is 14.7 Å². The molecule has 4 heteroatoms. The van der Waals surface area contributed by atoms with Gasteiger partial charge in [0.1, 0.15) is 0 Å². The molecule has 1 amide bonds. The van der Waals surface area contributed by atoms with Crippen molar-refractivity contribution in [1.82, 2.24) is 5.32 Å². The van der Waals surface area contributed by atoms with E-state index in [4.69, 9.17) is 0 Å². The molecule has 0 aromatic heterocycles. The van der Waals surface area contributed by atoms with E-state index >= 15 is 0 Å². The minimum Gasteiger partial charge on any atom is -0.396 e. The second-order valence-corrected chi connectivity index (χ2v) is 10.9. The zero-order valence-corrected chi connectivity index (χ0v) is 18.8. The monoisotopic (exact) mass is 421 g/mol. The van der Waals surface area contributed by atoms with E-state index in [-0.39, 0.29) is 41.1 Å². The third-order valence-corrected chi connectivity index (χ3v) is 9.67. The molecule has 0 bridgehead atoms. The third-order valence-electron chi connectivity index (χ3n) is 9.67. The molecule has 0 unspecified atom stereocenters. The summed E-state index contributed by atoms with van der Waals surface area (Å²) in [6, 6.07) is 8.10. The van der Waals surface area contributed by atoms with Crippen LogP contribution in [0, 0.1) is 34.5 Å². The van der Waals surface area contributed by atoms with Crippen LogP contribution in [0.2, 0.25) is 0 Å². The quantitative estimate of drug-likeness (QED) is 0.712. The van der Waals surface area contributed by atoms with Crippen molar-refractivity contribution in [3.8, 4) is 0 Å². The Hall–Kier alpha value is -1.94. The number of benzene rings is 1. The molecule has 0 saturated heterocycles. The van der Waals surface area contributed by atoms with Gasteiger partial charge < -0.3 is 10.4 Å². The summed E-state index contributed by atoms with van der Waals surface area (Å²) < 4.78 is 0. The zero-order chi connectivity index (χ0) is 21.8. The van der Waals surface area contributed by atoms with Crippen LogP contribution in [0.5, 0.6) is 0 Å². The van der Waals surface area contributed by atoms with Gasteiger partial charge in [0.15, 0.2) is 5.78 Å².